The Labute approximate surface area is 77.2 Å². The first-order chi connectivity index (χ1) is 5.66. The van der Waals surface area contributed by atoms with E-state index in [0.29, 0.717) is 5.02 Å². The van der Waals surface area contributed by atoms with E-state index in [4.69, 9.17) is 11.6 Å². The summed E-state index contributed by atoms with van der Waals surface area (Å²) in [5.41, 5.74) is 0.916. The smallest absolute Gasteiger partial charge is 0.134 e. The van der Waals surface area contributed by atoms with Crippen molar-refractivity contribution in [2.45, 2.75) is 13.0 Å². The van der Waals surface area contributed by atoms with Crippen LogP contribution in [0.3, 0.4) is 0 Å². The third-order valence-electron chi connectivity index (χ3n) is 1.91. The van der Waals surface area contributed by atoms with Crippen molar-refractivity contribution in [2.24, 2.45) is 0 Å². The van der Waals surface area contributed by atoms with E-state index in [0.717, 1.165) is 5.56 Å². The van der Waals surface area contributed by atoms with E-state index in [2.05, 4.69) is 5.32 Å². The predicted molar refractivity (Wildman–Crippen MR) is 50.6 cm³/mol. The minimum Gasteiger partial charge on any atom is -0.506 e. The summed E-state index contributed by atoms with van der Waals surface area (Å²) >= 11 is 5.88. The summed E-state index contributed by atoms with van der Waals surface area (Å²) in [4.78, 5) is 0. The highest BCUT2D eigenvalue weighted by Crippen LogP contribution is 2.30. The number of halogens is 1. The van der Waals surface area contributed by atoms with E-state index in [-0.39, 0.29) is 11.8 Å². The molecule has 2 N–H and O–H groups in total. The Bertz CT molecular complexity index is 275. The third kappa shape index (κ3) is 1.71. The van der Waals surface area contributed by atoms with Crippen LogP contribution in [0.5, 0.6) is 5.75 Å². The molecule has 0 aliphatic rings. The minimum atomic E-state index is 0.135. The van der Waals surface area contributed by atoms with Crippen LogP contribution in [-0.2, 0) is 0 Å². The van der Waals surface area contributed by atoms with E-state index in [1.807, 2.05) is 20.0 Å². The zero-order chi connectivity index (χ0) is 9.14. The third-order valence-corrected chi connectivity index (χ3v) is 2.32. The van der Waals surface area contributed by atoms with Crippen molar-refractivity contribution >= 4 is 11.6 Å². The van der Waals surface area contributed by atoms with Gasteiger partial charge >= 0.3 is 0 Å². The van der Waals surface area contributed by atoms with Crippen molar-refractivity contribution in [3.05, 3.63) is 28.8 Å². The van der Waals surface area contributed by atoms with Crippen LogP contribution in [0.2, 0.25) is 5.02 Å². The molecule has 0 heterocycles. The Morgan fingerprint density at radius 3 is 2.75 bits per heavy atom. The largest absolute Gasteiger partial charge is 0.506 e. The number of hydrogen-bond acceptors (Lipinski definition) is 2. The van der Waals surface area contributed by atoms with Gasteiger partial charge in [0.05, 0.1) is 5.02 Å². The second-order valence-corrected chi connectivity index (χ2v) is 3.07. The topological polar surface area (TPSA) is 32.3 Å². The molecule has 0 spiro atoms. The molecule has 0 bridgehead atoms. The summed E-state index contributed by atoms with van der Waals surface area (Å²) in [5.74, 6) is 0.135. The first kappa shape index (κ1) is 9.36. The number of rotatable bonds is 2. The second-order valence-electron chi connectivity index (χ2n) is 2.69. The van der Waals surface area contributed by atoms with E-state index in [9.17, 15) is 5.11 Å². The SMILES string of the molecule is CNC(C)c1cccc(O)c1Cl. The number of hydrogen-bond donors (Lipinski definition) is 2. The first-order valence-corrected chi connectivity index (χ1v) is 4.19. The number of nitrogens with one attached hydrogen (secondary N) is 1. The zero-order valence-electron chi connectivity index (χ0n) is 7.13. The molecular formula is C9H12ClNO. The number of phenolic OH excluding ortho intramolecular Hbond substituents is 1. The van der Waals surface area contributed by atoms with Crippen LogP contribution < -0.4 is 5.32 Å². The van der Waals surface area contributed by atoms with Gasteiger partial charge in [0.25, 0.3) is 0 Å². The summed E-state index contributed by atoms with van der Waals surface area (Å²) in [7, 11) is 1.85. The van der Waals surface area contributed by atoms with E-state index in [1.165, 1.54) is 0 Å². The van der Waals surface area contributed by atoms with Gasteiger partial charge in [-0.15, -0.1) is 0 Å². The lowest BCUT2D eigenvalue weighted by Crippen LogP contribution is -2.12. The minimum absolute atomic E-state index is 0.135. The lowest BCUT2D eigenvalue weighted by Gasteiger charge is -2.12. The lowest BCUT2D eigenvalue weighted by atomic mass is 10.1. The van der Waals surface area contributed by atoms with Gasteiger partial charge in [-0.25, -0.2) is 0 Å². The molecule has 0 saturated heterocycles. The van der Waals surface area contributed by atoms with Crippen LogP contribution in [0, 0.1) is 0 Å². The van der Waals surface area contributed by atoms with Crippen molar-refractivity contribution in [3.8, 4) is 5.75 Å². The molecule has 1 rings (SSSR count). The number of benzene rings is 1. The predicted octanol–water partition coefficient (Wildman–Crippen LogP) is 2.33. The molecule has 12 heavy (non-hydrogen) atoms. The fraction of sp³-hybridized carbons (Fsp3) is 0.333. The summed E-state index contributed by atoms with van der Waals surface area (Å²) in [6, 6.07) is 5.41. The Kier molecular flexibility index (Phi) is 2.95. The van der Waals surface area contributed by atoms with Crippen molar-refractivity contribution in [2.75, 3.05) is 7.05 Å². The average molecular weight is 186 g/mol. The number of phenols is 1. The van der Waals surface area contributed by atoms with Crippen LogP contribution in [-0.4, -0.2) is 12.2 Å². The van der Waals surface area contributed by atoms with Crippen LogP contribution in [0.25, 0.3) is 0 Å². The summed E-state index contributed by atoms with van der Waals surface area (Å²) in [6.45, 7) is 1.99. The quantitative estimate of drug-likeness (QED) is 0.741. The van der Waals surface area contributed by atoms with Gasteiger partial charge in [0.15, 0.2) is 0 Å². The summed E-state index contributed by atoms with van der Waals surface area (Å²) in [6.07, 6.45) is 0. The van der Waals surface area contributed by atoms with Crippen molar-refractivity contribution in [3.63, 3.8) is 0 Å². The average Bonchev–Trinajstić information content (AvgIpc) is 2.08. The fourth-order valence-corrected chi connectivity index (χ4v) is 1.32. The van der Waals surface area contributed by atoms with E-state index < -0.39 is 0 Å². The monoisotopic (exact) mass is 185 g/mol. The van der Waals surface area contributed by atoms with Crippen LogP contribution in [0.15, 0.2) is 18.2 Å². The molecule has 1 aromatic carbocycles. The summed E-state index contributed by atoms with van der Waals surface area (Å²) < 4.78 is 0. The molecule has 1 atom stereocenters. The first-order valence-electron chi connectivity index (χ1n) is 3.81. The molecular weight excluding hydrogens is 174 g/mol. The standard InChI is InChI=1S/C9H12ClNO/c1-6(11-2)7-4-3-5-8(12)9(7)10/h3-6,11-12H,1-2H3. The fourth-order valence-electron chi connectivity index (χ4n) is 1.03. The molecule has 0 radical (unpaired) electrons. The molecule has 66 valence electrons. The maximum Gasteiger partial charge on any atom is 0.134 e. The van der Waals surface area contributed by atoms with Gasteiger partial charge in [-0.2, -0.15) is 0 Å². The Balaban J connectivity index is 3.07. The Morgan fingerprint density at radius 2 is 2.17 bits per heavy atom. The zero-order valence-corrected chi connectivity index (χ0v) is 7.89. The van der Waals surface area contributed by atoms with E-state index in [1.54, 1.807) is 12.1 Å². The molecule has 0 amide bonds. The molecule has 0 aliphatic heterocycles. The maximum atomic E-state index is 9.28. The molecule has 0 aromatic heterocycles. The second kappa shape index (κ2) is 3.78. The highest BCUT2D eigenvalue weighted by molar-refractivity contribution is 6.32. The normalized spacial score (nSPS) is 12.9. The highest BCUT2D eigenvalue weighted by Gasteiger charge is 2.09. The lowest BCUT2D eigenvalue weighted by molar-refractivity contribution is 0.473. The highest BCUT2D eigenvalue weighted by atomic mass is 35.5. The van der Waals surface area contributed by atoms with Crippen LogP contribution >= 0.6 is 11.6 Å². The van der Waals surface area contributed by atoms with E-state index >= 15 is 0 Å². The van der Waals surface area contributed by atoms with Crippen molar-refractivity contribution in [1.29, 1.82) is 0 Å². The molecule has 2 nitrogen and oxygen atoms in total. The van der Waals surface area contributed by atoms with Crippen LogP contribution in [0.4, 0.5) is 0 Å². The Morgan fingerprint density at radius 1 is 1.50 bits per heavy atom. The van der Waals surface area contributed by atoms with Crippen molar-refractivity contribution in [1.82, 2.24) is 5.32 Å². The van der Waals surface area contributed by atoms with Gasteiger partial charge in [-0.1, -0.05) is 23.7 Å². The Hall–Kier alpha value is -0.730. The van der Waals surface area contributed by atoms with Crippen molar-refractivity contribution < 1.29 is 5.11 Å². The molecule has 1 unspecified atom stereocenters. The van der Waals surface area contributed by atoms with Gasteiger partial charge in [-0.05, 0) is 25.6 Å². The number of aromatic hydroxyl groups is 1. The van der Waals surface area contributed by atoms with Gasteiger partial charge in [-0.3, -0.25) is 0 Å². The maximum absolute atomic E-state index is 9.28. The molecule has 1 aromatic rings. The van der Waals surface area contributed by atoms with Gasteiger partial charge in [0, 0.05) is 6.04 Å². The van der Waals surface area contributed by atoms with Gasteiger partial charge in [0.2, 0.25) is 0 Å². The molecule has 0 saturated carbocycles. The molecule has 0 aliphatic carbocycles. The van der Waals surface area contributed by atoms with Gasteiger partial charge in [0.1, 0.15) is 5.75 Å². The summed E-state index contributed by atoms with van der Waals surface area (Å²) in [5, 5.41) is 12.8. The van der Waals surface area contributed by atoms with Crippen LogP contribution in [0.1, 0.15) is 18.5 Å². The molecule has 0 fully saturated rings. The molecule has 3 heteroatoms. The van der Waals surface area contributed by atoms with Gasteiger partial charge < -0.3 is 10.4 Å².